The molecular weight excluding hydrogens is 612 g/mol. The van der Waals surface area contributed by atoms with Gasteiger partial charge in [0, 0.05) is 6.42 Å². The molecule has 0 unspecified atom stereocenters. The van der Waals surface area contributed by atoms with E-state index in [9.17, 15) is 19.8 Å². The monoisotopic (exact) mass is 689 g/mol. The van der Waals surface area contributed by atoms with Crippen molar-refractivity contribution in [2.75, 3.05) is 13.2 Å². The molecule has 0 aliphatic rings. The molecule has 2 aromatic rings. The summed E-state index contributed by atoms with van der Waals surface area (Å²) in [7, 11) is 0. The highest BCUT2D eigenvalue weighted by Crippen LogP contribution is 2.41. The van der Waals surface area contributed by atoms with Gasteiger partial charge in [-0.1, -0.05) is 107 Å². The standard InChI is InChI=1S/C35H52O6.4C2H6/c1-22-16-26(17-23(2)28(22)36)32(5,6)20-34(9,10)30(38)40-14-13-15-41-31(39)35(11,12)21-33(7,8)27-18-24(3)29(37)25(4)19-27;4*1-2/h16-19,36-37H,13-15,20-21H2,1-12H3;4*1-2H3. The van der Waals surface area contributed by atoms with Gasteiger partial charge in [-0.25, -0.2) is 0 Å². The minimum Gasteiger partial charge on any atom is -0.507 e. The summed E-state index contributed by atoms with van der Waals surface area (Å²) in [5.41, 5.74) is 3.35. The van der Waals surface area contributed by atoms with Gasteiger partial charge in [-0.2, -0.15) is 0 Å². The summed E-state index contributed by atoms with van der Waals surface area (Å²) in [5.74, 6) is 0.0356. The number of phenolic OH excluding ortho intramolecular Hbond substituents is 2. The number of phenols is 2. The van der Waals surface area contributed by atoms with Gasteiger partial charge in [0.2, 0.25) is 0 Å². The van der Waals surface area contributed by atoms with Gasteiger partial charge in [0.05, 0.1) is 24.0 Å². The molecule has 0 radical (unpaired) electrons. The molecule has 0 aromatic heterocycles. The highest BCUT2D eigenvalue weighted by atomic mass is 16.5. The number of aromatic hydroxyl groups is 2. The minimum atomic E-state index is -0.724. The molecule has 2 N–H and O–H groups in total. The zero-order valence-corrected chi connectivity index (χ0v) is 35.4. The van der Waals surface area contributed by atoms with Crippen molar-refractivity contribution in [2.24, 2.45) is 10.8 Å². The van der Waals surface area contributed by atoms with Gasteiger partial charge < -0.3 is 19.7 Å². The van der Waals surface area contributed by atoms with Crippen molar-refractivity contribution >= 4 is 11.9 Å². The lowest BCUT2D eigenvalue weighted by molar-refractivity contribution is -0.158. The van der Waals surface area contributed by atoms with Crippen molar-refractivity contribution in [3.63, 3.8) is 0 Å². The Balaban J connectivity index is -0.00000245. The number of aryl methyl sites for hydroxylation is 4. The van der Waals surface area contributed by atoms with Crippen LogP contribution in [0.2, 0.25) is 0 Å². The molecule has 0 heterocycles. The van der Waals surface area contributed by atoms with Crippen molar-refractivity contribution < 1.29 is 29.3 Å². The van der Waals surface area contributed by atoms with Crippen LogP contribution in [0.1, 0.15) is 163 Å². The van der Waals surface area contributed by atoms with Gasteiger partial charge in [-0.3, -0.25) is 9.59 Å². The second-order valence-corrected chi connectivity index (χ2v) is 14.4. The zero-order chi connectivity index (χ0) is 39.6. The van der Waals surface area contributed by atoms with Gasteiger partial charge in [0.1, 0.15) is 11.5 Å². The van der Waals surface area contributed by atoms with Crippen LogP contribution in [0.3, 0.4) is 0 Å². The first-order valence-electron chi connectivity index (χ1n) is 18.6. The Morgan fingerprint density at radius 1 is 0.510 bits per heavy atom. The van der Waals surface area contributed by atoms with Gasteiger partial charge in [-0.15, -0.1) is 0 Å². The third kappa shape index (κ3) is 15.6. The molecule has 6 nitrogen and oxygen atoms in total. The lowest BCUT2D eigenvalue weighted by atomic mass is 9.71. The number of benzene rings is 2. The van der Waals surface area contributed by atoms with E-state index in [0.717, 1.165) is 33.4 Å². The second kappa shape index (κ2) is 22.6. The predicted octanol–water partition coefficient (Wildman–Crippen LogP) is 12.0. The molecule has 0 amide bonds. The number of carbonyl (C=O) groups is 2. The van der Waals surface area contributed by atoms with E-state index in [1.807, 2.05) is 135 Å². The van der Waals surface area contributed by atoms with Crippen LogP contribution < -0.4 is 0 Å². The fraction of sp³-hybridized carbons (Fsp3) is 0.674. The van der Waals surface area contributed by atoms with Crippen LogP contribution in [0.15, 0.2) is 24.3 Å². The van der Waals surface area contributed by atoms with Crippen LogP contribution >= 0.6 is 0 Å². The Morgan fingerprint density at radius 2 is 0.735 bits per heavy atom. The molecule has 49 heavy (non-hydrogen) atoms. The van der Waals surface area contributed by atoms with E-state index >= 15 is 0 Å². The molecule has 0 atom stereocenters. The summed E-state index contributed by atoms with van der Waals surface area (Å²) in [4.78, 5) is 26.0. The van der Waals surface area contributed by atoms with E-state index in [1.165, 1.54) is 0 Å². The van der Waals surface area contributed by atoms with E-state index in [4.69, 9.17) is 9.47 Å². The minimum absolute atomic E-state index is 0.172. The van der Waals surface area contributed by atoms with Crippen molar-refractivity contribution in [1.82, 2.24) is 0 Å². The second-order valence-electron chi connectivity index (χ2n) is 14.4. The number of carbonyl (C=O) groups excluding carboxylic acids is 2. The number of hydrogen-bond acceptors (Lipinski definition) is 6. The molecule has 0 spiro atoms. The van der Waals surface area contributed by atoms with E-state index < -0.39 is 10.8 Å². The van der Waals surface area contributed by atoms with Crippen molar-refractivity contribution in [3.8, 4) is 11.5 Å². The molecule has 0 saturated heterocycles. The maximum Gasteiger partial charge on any atom is 0.311 e. The van der Waals surface area contributed by atoms with Gasteiger partial charge in [-0.05, 0) is 112 Å². The van der Waals surface area contributed by atoms with Crippen LogP contribution in [-0.4, -0.2) is 35.4 Å². The molecule has 2 rings (SSSR count). The smallest absolute Gasteiger partial charge is 0.311 e. The summed E-state index contributed by atoms with van der Waals surface area (Å²) in [6.45, 7) is 39.8. The number of ether oxygens (including phenoxy) is 2. The largest absolute Gasteiger partial charge is 0.507 e. The Labute approximate surface area is 302 Å². The van der Waals surface area contributed by atoms with E-state index in [-0.39, 0.29) is 36.0 Å². The number of hydrogen-bond donors (Lipinski definition) is 2. The fourth-order valence-corrected chi connectivity index (χ4v) is 6.03. The number of esters is 2. The third-order valence-corrected chi connectivity index (χ3v) is 8.17. The molecule has 2 aromatic carbocycles. The first kappa shape index (κ1) is 50.4. The van der Waals surface area contributed by atoms with Crippen LogP contribution in [0.5, 0.6) is 11.5 Å². The van der Waals surface area contributed by atoms with Crippen LogP contribution in [-0.2, 0) is 29.9 Å². The molecule has 6 heteroatoms. The SMILES string of the molecule is CC.CC.CC.CC.Cc1cc(C(C)(C)CC(C)(C)C(=O)OCCCOC(=O)C(C)(C)CC(C)(C)c2cc(C)c(O)c(C)c2)cc(C)c1O. The van der Waals surface area contributed by atoms with Gasteiger partial charge in [0.15, 0.2) is 0 Å². The zero-order valence-electron chi connectivity index (χ0n) is 35.4. The van der Waals surface area contributed by atoms with Crippen LogP contribution in [0.25, 0.3) is 0 Å². The van der Waals surface area contributed by atoms with E-state index in [2.05, 4.69) is 27.7 Å². The molecule has 0 saturated carbocycles. The summed E-state index contributed by atoms with van der Waals surface area (Å²) in [6, 6.07) is 7.92. The normalized spacial score (nSPS) is 11.2. The molecular formula is C43H76O6. The molecule has 0 aliphatic carbocycles. The number of rotatable bonds is 12. The quantitative estimate of drug-likeness (QED) is 0.170. The maximum atomic E-state index is 13.0. The maximum absolute atomic E-state index is 13.0. The Kier molecular flexibility index (Phi) is 23.3. The van der Waals surface area contributed by atoms with Gasteiger partial charge >= 0.3 is 11.9 Å². The third-order valence-electron chi connectivity index (χ3n) is 8.17. The molecule has 284 valence electrons. The lowest BCUT2D eigenvalue weighted by Gasteiger charge is -2.34. The fourth-order valence-electron chi connectivity index (χ4n) is 6.03. The van der Waals surface area contributed by atoms with Crippen molar-refractivity contribution in [1.29, 1.82) is 0 Å². The highest BCUT2D eigenvalue weighted by molar-refractivity contribution is 5.76. The van der Waals surface area contributed by atoms with Crippen LogP contribution in [0, 0.1) is 38.5 Å². The average Bonchev–Trinajstić information content (AvgIpc) is 3.04. The molecule has 0 bridgehead atoms. The van der Waals surface area contributed by atoms with E-state index in [0.29, 0.717) is 30.8 Å². The first-order chi connectivity index (χ1) is 22.6. The molecule has 0 fully saturated rings. The summed E-state index contributed by atoms with van der Waals surface area (Å²) < 4.78 is 11.2. The Morgan fingerprint density at radius 3 is 0.959 bits per heavy atom. The lowest BCUT2D eigenvalue weighted by Crippen LogP contribution is -2.35. The Bertz CT molecular complexity index is 1120. The van der Waals surface area contributed by atoms with Crippen molar-refractivity contribution in [3.05, 3.63) is 57.6 Å². The first-order valence-corrected chi connectivity index (χ1v) is 18.6. The molecule has 0 aliphatic heterocycles. The summed E-state index contributed by atoms with van der Waals surface area (Å²) in [6.07, 6.45) is 1.56. The Hall–Kier alpha value is -3.02. The van der Waals surface area contributed by atoms with E-state index in [1.54, 1.807) is 0 Å². The summed E-state index contributed by atoms with van der Waals surface area (Å²) in [5, 5.41) is 20.3. The highest BCUT2D eigenvalue weighted by Gasteiger charge is 2.38. The van der Waals surface area contributed by atoms with Crippen molar-refractivity contribution in [2.45, 2.75) is 169 Å². The predicted molar refractivity (Wildman–Crippen MR) is 210 cm³/mol. The van der Waals surface area contributed by atoms with Crippen LogP contribution in [0.4, 0.5) is 0 Å². The summed E-state index contributed by atoms with van der Waals surface area (Å²) >= 11 is 0. The average molecular weight is 689 g/mol. The topological polar surface area (TPSA) is 93.1 Å². The van der Waals surface area contributed by atoms with Gasteiger partial charge in [0.25, 0.3) is 0 Å².